The lowest BCUT2D eigenvalue weighted by atomic mass is 9.93. The number of fused-ring (bicyclic) bond motifs is 1. The van der Waals surface area contributed by atoms with Gasteiger partial charge in [-0.05, 0) is 35.9 Å². The van der Waals surface area contributed by atoms with Crippen LogP contribution in [0.2, 0.25) is 0 Å². The molecular weight excluding hydrogens is 397 g/mol. The minimum absolute atomic E-state index is 0.212. The summed E-state index contributed by atoms with van der Waals surface area (Å²) in [6, 6.07) is 14.8. The van der Waals surface area contributed by atoms with Crippen LogP contribution in [0.15, 0.2) is 53.1 Å². The van der Waals surface area contributed by atoms with Gasteiger partial charge in [-0.25, -0.2) is 9.82 Å². The van der Waals surface area contributed by atoms with Crippen molar-refractivity contribution >= 4 is 11.5 Å². The zero-order valence-electron chi connectivity index (χ0n) is 17.4. The molecule has 2 unspecified atom stereocenters. The number of aromatic nitrogens is 1. The van der Waals surface area contributed by atoms with E-state index in [2.05, 4.69) is 38.4 Å². The number of halogens is 1. The first-order chi connectivity index (χ1) is 15.2. The first-order valence-electron chi connectivity index (χ1n) is 10.5. The lowest BCUT2D eigenvalue weighted by Crippen LogP contribution is -2.36. The maximum atomic E-state index is 13.5. The lowest BCUT2D eigenvalue weighted by Gasteiger charge is -2.30. The molecule has 0 radical (unpaired) electrons. The summed E-state index contributed by atoms with van der Waals surface area (Å²) in [6.07, 6.45) is 0.810. The molecule has 3 heterocycles. The van der Waals surface area contributed by atoms with E-state index in [-0.39, 0.29) is 11.9 Å². The van der Waals surface area contributed by atoms with Crippen LogP contribution in [0.4, 0.5) is 15.9 Å². The van der Waals surface area contributed by atoms with Crippen LogP contribution in [-0.2, 0) is 13.0 Å². The maximum absolute atomic E-state index is 13.5. The molecule has 0 amide bonds. The van der Waals surface area contributed by atoms with Crippen molar-refractivity contribution in [2.45, 2.75) is 19.0 Å². The van der Waals surface area contributed by atoms with Crippen molar-refractivity contribution in [3.8, 4) is 5.75 Å². The predicted octanol–water partition coefficient (Wildman–Crippen LogP) is 3.39. The van der Waals surface area contributed by atoms with E-state index in [4.69, 9.17) is 9.26 Å². The summed E-state index contributed by atoms with van der Waals surface area (Å²) in [5, 5.41) is 7.40. The zero-order valence-corrected chi connectivity index (χ0v) is 17.4. The van der Waals surface area contributed by atoms with Gasteiger partial charge in [0.25, 0.3) is 0 Å². The summed E-state index contributed by atoms with van der Waals surface area (Å²) in [4.78, 5) is 2.43. The number of hydrogen-bond donors (Lipinski definition) is 3. The average molecular weight is 423 g/mol. The van der Waals surface area contributed by atoms with Gasteiger partial charge in [-0.15, -0.1) is 0 Å². The molecule has 31 heavy (non-hydrogen) atoms. The molecule has 2 aromatic carbocycles. The Morgan fingerprint density at radius 1 is 1.26 bits per heavy atom. The Labute approximate surface area is 180 Å². The van der Waals surface area contributed by atoms with E-state index >= 15 is 0 Å². The van der Waals surface area contributed by atoms with Gasteiger partial charge in [0.05, 0.1) is 18.7 Å². The highest BCUT2D eigenvalue weighted by Gasteiger charge is 2.32. The summed E-state index contributed by atoms with van der Waals surface area (Å²) >= 11 is 0. The molecule has 3 aromatic rings. The highest BCUT2D eigenvalue weighted by atomic mass is 19.1. The molecule has 0 saturated carbocycles. The molecule has 3 N–H and O–H groups in total. The average Bonchev–Trinajstić information content (AvgIpc) is 3.41. The van der Waals surface area contributed by atoms with Crippen LogP contribution in [0.1, 0.15) is 22.9 Å². The van der Waals surface area contributed by atoms with E-state index in [1.807, 2.05) is 18.2 Å². The highest BCUT2D eigenvalue weighted by molar-refractivity contribution is 5.60. The molecule has 1 aromatic heterocycles. The third kappa shape index (κ3) is 4.27. The maximum Gasteiger partial charge on any atom is 0.178 e. The van der Waals surface area contributed by atoms with Crippen molar-refractivity contribution in [2.24, 2.45) is 5.92 Å². The summed E-state index contributed by atoms with van der Waals surface area (Å²) < 4.78 is 24.5. The van der Waals surface area contributed by atoms with Crippen LogP contribution in [0.25, 0.3) is 0 Å². The monoisotopic (exact) mass is 423 g/mol. The number of rotatable bonds is 6. The fourth-order valence-corrected chi connectivity index (χ4v) is 4.45. The second-order valence-corrected chi connectivity index (χ2v) is 8.09. The topological polar surface area (TPSA) is 74.6 Å². The zero-order chi connectivity index (χ0) is 21.2. The van der Waals surface area contributed by atoms with Gasteiger partial charge in [0.2, 0.25) is 0 Å². The molecule has 7 nitrogen and oxygen atoms in total. The minimum Gasteiger partial charge on any atom is -0.497 e. The molecule has 2 aliphatic rings. The van der Waals surface area contributed by atoms with Crippen molar-refractivity contribution in [3.63, 3.8) is 0 Å². The lowest BCUT2D eigenvalue weighted by molar-refractivity contribution is 0.199. The van der Waals surface area contributed by atoms with Gasteiger partial charge in [0.15, 0.2) is 5.82 Å². The second kappa shape index (κ2) is 8.66. The fourth-order valence-electron chi connectivity index (χ4n) is 4.45. The number of methoxy groups -OCH3 is 1. The summed E-state index contributed by atoms with van der Waals surface area (Å²) in [5.41, 5.74) is 9.66. The van der Waals surface area contributed by atoms with E-state index in [0.717, 1.165) is 49.7 Å². The molecule has 0 bridgehead atoms. The third-order valence-electron chi connectivity index (χ3n) is 6.03. The minimum atomic E-state index is -0.284. The number of nitrogens with zero attached hydrogens (tertiary/aromatic N) is 2. The van der Waals surface area contributed by atoms with Gasteiger partial charge in [0.1, 0.15) is 17.3 Å². The van der Waals surface area contributed by atoms with Gasteiger partial charge in [-0.2, -0.15) is 0 Å². The normalized spacial score (nSPS) is 21.1. The number of nitrogens with one attached hydrogen (secondary N) is 3. The molecular formula is C23H26FN5O2. The molecule has 2 atom stereocenters. The smallest absolute Gasteiger partial charge is 0.178 e. The predicted molar refractivity (Wildman–Crippen MR) is 116 cm³/mol. The van der Waals surface area contributed by atoms with Gasteiger partial charge in [0, 0.05) is 44.2 Å². The van der Waals surface area contributed by atoms with Crippen molar-refractivity contribution in [1.82, 2.24) is 20.9 Å². The number of anilines is 2. The summed E-state index contributed by atoms with van der Waals surface area (Å²) in [7, 11) is 1.69. The van der Waals surface area contributed by atoms with Crippen molar-refractivity contribution < 1.29 is 13.7 Å². The van der Waals surface area contributed by atoms with Gasteiger partial charge < -0.3 is 14.6 Å². The van der Waals surface area contributed by atoms with Crippen LogP contribution in [0.3, 0.4) is 0 Å². The van der Waals surface area contributed by atoms with E-state index in [9.17, 15) is 4.39 Å². The first-order valence-corrected chi connectivity index (χ1v) is 10.5. The molecule has 0 spiro atoms. The Balaban J connectivity index is 1.29. The molecule has 1 saturated heterocycles. The third-order valence-corrected chi connectivity index (χ3v) is 6.03. The second-order valence-electron chi connectivity index (χ2n) is 8.09. The van der Waals surface area contributed by atoms with Crippen LogP contribution >= 0.6 is 0 Å². The van der Waals surface area contributed by atoms with Gasteiger partial charge >= 0.3 is 0 Å². The molecule has 1 fully saturated rings. The van der Waals surface area contributed by atoms with Crippen LogP contribution in [-0.4, -0.2) is 36.8 Å². The first kappa shape index (κ1) is 20.0. The molecule has 8 heteroatoms. The Kier molecular flexibility index (Phi) is 5.59. The Morgan fingerprint density at radius 3 is 3.03 bits per heavy atom. The van der Waals surface area contributed by atoms with Crippen LogP contribution in [0.5, 0.6) is 5.75 Å². The number of hydrazine groups is 1. The standard InChI is InChI=1S/C23H26FN5O2/c1-30-19-7-2-4-15(10-19)22-16(12-25-27-22)13-29-9-8-21-20(14-29)23(28-31-21)26-18-6-3-5-17(24)11-18/h2-7,10-11,16,22,25,27H,8-9,12-14H2,1H3,(H,26,28). The Morgan fingerprint density at radius 2 is 2.16 bits per heavy atom. The van der Waals surface area contributed by atoms with E-state index in [1.165, 1.54) is 17.7 Å². The van der Waals surface area contributed by atoms with Crippen LogP contribution < -0.4 is 20.9 Å². The molecule has 162 valence electrons. The Bertz CT molecular complexity index is 1060. The fraction of sp³-hybridized carbons (Fsp3) is 0.348. The SMILES string of the molecule is COc1cccc(C2NNCC2CN2CCc3onc(Nc4cccc(F)c4)c3C2)c1. The van der Waals surface area contributed by atoms with Gasteiger partial charge in [-0.3, -0.25) is 10.3 Å². The number of ether oxygens (including phenoxy) is 1. The van der Waals surface area contributed by atoms with E-state index in [0.29, 0.717) is 17.4 Å². The van der Waals surface area contributed by atoms with Crippen molar-refractivity contribution in [2.75, 3.05) is 32.1 Å². The largest absolute Gasteiger partial charge is 0.497 e. The number of benzene rings is 2. The highest BCUT2D eigenvalue weighted by Crippen LogP contribution is 2.32. The van der Waals surface area contributed by atoms with Crippen molar-refractivity contribution in [3.05, 3.63) is 71.2 Å². The van der Waals surface area contributed by atoms with E-state index in [1.54, 1.807) is 13.2 Å². The van der Waals surface area contributed by atoms with Gasteiger partial charge in [-0.1, -0.05) is 23.4 Å². The summed E-state index contributed by atoms with van der Waals surface area (Å²) in [6.45, 7) is 3.50. The Hall–Kier alpha value is -2.94. The van der Waals surface area contributed by atoms with E-state index < -0.39 is 0 Å². The quantitative estimate of drug-likeness (QED) is 0.561. The van der Waals surface area contributed by atoms with Crippen LogP contribution in [0, 0.1) is 11.7 Å². The molecule has 0 aliphatic carbocycles. The van der Waals surface area contributed by atoms with Crippen molar-refractivity contribution in [1.29, 1.82) is 0 Å². The molecule has 2 aliphatic heterocycles. The molecule has 5 rings (SSSR count). The number of hydrogen-bond acceptors (Lipinski definition) is 7. The summed E-state index contributed by atoms with van der Waals surface area (Å²) in [5.74, 6) is 2.56.